The van der Waals surface area contributed by atoms with E-state index in [1.807, 2.05) is 11.8 Å². The summed E-state index contributed by atoms with van der Waals surface area (Å²) in [5.74, 6) is 0.930. The van der Waals surface area contributed by atoms with Crippen molar-refractivity contribution in [1.82, 2.24) is 20.4 Å². The van der Waals surface area contributed by atoms with Gasteiger partial charge in [0.25, 0.3) is 0 Å². The second-order valence-corrected chi connectivity index (χ2v) is 9.61. The SMILES string of the molecule is CCCNC(=O)CSc1nnc(SCC(=O)N2[C@H](C)CCC[C@@H]2C)s1. The summed E-state index contributed by atoms with van der Waals surface area (Å²) in [7, 11) is 0. The molecule has 6 nitrogen and oxygen atoms in total. The van der Waals surface area contributed by atoms with Crippen LogP contribution in [0.25, 0.3) is 0 Å². The van der Waals surface area contributed by atoms with E-state index >= 15 is 0 Å². The van der Waals surface area contributed by atoms with Crippen LogP contribution in [0.3, 0.4) is 0 Å². The van der Waals surface area contributed by atoms with Crippen LogP contribution in [0.1, 0.15) is 46.5 Å². The minimum absolute atomic E-state index is 0.0134. The van der Waals surface area contributed by atoms with Gasteiger partial charge in [0, 0.05) is 18.6 Å². The minimum Gasteiger partial charge on any atom is -0.355 e. The van der Waals surface area contributed by atoms with Crippen molar-refractivity contribution in [3.63, 3.8) is 0 Å². The van der Waals surface area contributed by atoms with E-state index in [4.69, 9.17) is 0 Å². The number of nitrogens with one attached hydrogen (secondary N) is 1. The topological polar surface area (TPSA) is 75.2 Å². The van der Waals surface area contributed by atoms with Crippen molar-refractivity contribution < 1.29 is 9.59 Å². The summed E-state index contributed by atoms with van der Waals surface area (Å²) in [5.41, 5.74) is 0. The minimum atomic E-state index is 0.0134. The number of hydrogen-bond acceptors (Lipinski definition) is 7. The van der Waals surface area contributed by atoms with Gasteiger partial charge in [-0.25, -0.2) is 0 Å². The molecular formula is C16H26N4O2S3. The molecule has 0 unspecified atom stereocenters. The van der Waals surface area contributed by atoms with Crippen LogP contribution in [0.5, 0.6) is 0 Å². The molecule has 0 spiro atoms. The van der Waals surface area contributed by atoms with Crippen molar-refractivity contribution >= 4 is 46.7 Å². The van der Waals surface area contributed by atoms with Crippen LogP contribution in [0.15, 0.2) is 8.68 Å². The molecule has 2 rings (SSSR count). The van der Waals surface area contributed by atoms with Crippen LogP contribution in [0, 0.1) is 0 Å². The molecule has 140 valence electrons. The smallest absolute Gasteiger partial charge is 0.233 e. The van der Waals surface area contributed by atoms with Crippen molar-refractivity contribution in [2.75, 3.05) is 18.1 Å². The fourth-order valence-electron chi connectivity index (χ4n) is 2.87. The van der Waals surface area contributed by atoms with E-state index in [-0.39, 0.29) is 11.8 Å². The molecule has 0 aliphatic carbocycles. The highest BCUT2D eigenvalue weighted by Crippen LogP contribution is 2.30. The summed E-state index contributed by atoms with van der Waals surface area (Å²) in [6.07, 6.45) is 4.29. The summed E-state index contributed by atoms with van der Waals surface area (Å²) in [5, 5.41) is 11.0. The molecule has 2 amide bonds. The molecule has 1 fully saturated rings. The number of carbonyl (C=O) groups is 2. The second kappa shape index (κ2) is 10.4. The largest absolute Gasteiger partial charge is 0.355 e. The van der Waals surface area contributed by atoms with Gasteiger partial charge in [-0.3, -0.25) is 9.59 Å². The Balaban J connectivity index is 1.77. The van der Waals surface area contributed by atoms with E-state index in [0.717, 1.165) is 27.9 Å². The Hall–Kier alpha value is -0.800. The fourth-order valence-corrected chi connectivity index (χ4v) is 5.59. The Labute approximate surface area is 161 Å². The monoisotopic (exact) mass is 402 g/mol. The maximum atomic E-state index is 12.5. The number of carbonyl (C=O) groups excluding carboxylic acids is 2. The molecule has 9 heteroatoms. The predicted octanol–water partition coefficient (Wildman–Crippen LogP) is 3.04. The van der Waals surface area contributed by atoms with Gasteiger partial charge in [-0.2, -0.15) is 0 Å². The summed E-state index contributed by atoms with van der Waals surface area (Å²) < 4.78 is 1.54. The standard InChI is InChI=1S/C16H26N4O2S3/c1-4-8-17-13(21)9-23-15-18-19-16(25-15)24-10-14(22)20-11(2)6-5-7-12(20)3/h11-12H,4-10H2,1-3H3,(H,17,21)/t11-,12+. The Kier molecular flexibility index (Phi) is 8.51. The van der Waals surface area contributed by atoms with E-state index in [9.17, 15) is 9.59 Å². The molecule has 0 aromatic carbocycles. The number of nitrogens with zero attached hydrogens (tertiary/aromatic N) is 3. The van der Waals surface area contributed by atoms with Crippen LogP contribution >= 0.6 is 34.9 Å². The van der Waals surface area contributed by atoms with Gasteiger partial charge < -0.3 is 10.2 Å². The van der Waals surface area contributed by atoms with E-state index in [2.05, 4.69) is 29.4 Å². The van der Waals surface area contributed by atoms with Crippen LogP contribution in [-0.2, 0) is 9.59 Å². The number of likely N-dealkylation sites (tertiary alicyclic amines) is 1. The first-order chi connectivity index (χ1) is 12.0. The predicted molar refractivity (Wildman–Crippen MR) is 104 cm³/mol. The van der Waals surface area contributed by atoms with Gasteiger partial charge in [-0.1, -0.05) is 41.8 Å². The number of piperidine rings is 1. The Morgan fingerprint density at radius 2 is 1.76 bits per heavy atom. The molecule has 1 aliphatic rings. The number of thioether (sulfide) groups is 2. The lowest BCUT2D eigenvalue weighted by Gasteiger charge is -2.39. The molecule has 1 aliphatic heterocycles. The van der Waals surface area contributed by atoms with Gasteiger partial charge in [-0.15, -0.1) is 10.2 Å². The Morgan fingerprint density at radius 1 is 1.16 bits per heavy atom. The van der Waals surface area contributed by atoms with E-state index in [0.29, 0.717) is 30.1 Å². The summed E-state index contributed by atoms with van der Waals surface area (Å²) in [6.45, 7) is 6.98. The lowest BCUT2D eigenvalue weighted by atomic mass is 9.98. The lowest BCUT2D eigenvalue weighted by Crippen LogP contribution is -2.48. The zero-order valence-electron chi connectivity index (χ0n) is 15.0. The van der Waals surface area contributed by atoms with Gasteiger partial charge in [0.15, 0.2) is 8.68 Å². The van der Waals surface area contributed by atoms with Gasteiger partial charge in [0.05, 0.1) is 11.5 Å². The quantitative estimate of drug-likeness (QED) is 0.674. The maximum absolute atomic E-state index is 12.5. The molecule has 0 bridgehead atoms. The van der Waals surface area contributed by atoms with Crippen molar-refractivity contribution in [2.24, 2.45) is 0 Å². The van der Waals surface area contributed by atoms with Crippen molar-refractivity contribution in [1.29, 1.82) is 0 Å². The third-order valence-corrected chi connectivity index (χ3v) is 7.26. The van der Waals surface area contributed by atoms with Crippen LogP contribution in [0.4, 0.5) is 0 Å². The summed E-state index contributed by atoms with van der Waals surface area (Å²) in [4.78, 5) is 26.1. The average Bonchev–Trinajstić information content (AvgIpc) is 3.04. The summed E-state index contributed by atoms with van der Waals surface area (Å²) in [6, 6.07) is 0.637. The molecule has 1 aromatic rings. The van der Waals surface area contributed by atoms with E-state index < -0.39 is 0 Å². The first kappa shape index (κ1) is 20.5. The molecule has 1 aromatic heterocycles. The number of rotatable bonds is 8. The second-order valence-electron chi connectivity index (χ2n) is 6.19. The highest BCUT2D eigenvalue weighted by molar-refractivity contribution is 8.03. The third-order valence-electron chi connectivity index (χ3n) is 4.09. The van der Waals surface area contributed by atoms with Crippen LogP contribution in [-0.4, -0.2) is 57.0 Å². The molecular weight excluding hydrogens is 376 g/mol. The number of amides is 2. The Bertz CT molecular complexity index is 571. The highest BCUT2D eigenvalue weighted by atomic mass is 32.2. The Morgan fingerprint density at radius 3 is 2.36 bits per heavy atom. The van der Waals surface area contributed by atoms with E-state index in [1.54, 1.807) is 0 Å². The number of hydrogen-bond donors (Lipinski definition) is 1. The van der Waals surface area contributed by atoms with Gasteiger partial charge >= 0.3 is 0 Å². The maximum Gasteiger partial charge on any atom is 0.233 e. The zero-order valence-corrected chi connectivity index (χ0v) is 17.4. The fraction of sp³-hybridized carbons (Fsp3) is 0.750. The molecule has 2 heterocycles. The van der Waals surface area contributed by atoms with Crippen LogP contribution < -0.4 is 5.32 Å². The first-order valence-corrected chi connectivity index (χ1v) is 11.5. The lowest BCUT2D eigenvalue weighted by molar-refractivity contribution is -0.134. The van der Waals surface area contributed by atoms with Gasteiger partial charge in [0.2, 0.25) is 11.8 Å². The van der Waals surface area contributed by atoms with Crippen molar-refractivity contribution in [3.8, 4) is 0 Å². The average molecular weight is 403 g/mol. The van der Waals surface area contributed by atoms with Crippen molar-refractivity contribution in [3.05, 3.63) is 0 Å². The molecule has 2 atom stereocenters. The highest BCUT2D eigenvalue weighted by Gasteiger charge is 2.28. The zero-order chi connectivity index (χ0) is 18.2. The first-order valence-electron chi connectivity index (χ1n) is 8.68. The molecule has 0 saturated carbocycles. The van der Waals surface area contributed by atoms with E-state index in [1.165, 1.54) is 41.3 Å². The van der Waals surface area contributed by atoms with Crippen molar-refractivity contribution in [2.45, 2.75) is 67.2 Å². The molecule has 1 saturated heterocycles. The summed E-state index contributed by atoms with van der Waals surface area (Å²) >= 11 is 4.26. The molecule has 1 N–H and O–H groups in total. The molecule has 0 radical (unpaired) electrons. The van der Waals surface area contributed by atoms with Gasteiger partial charge in [-0.05, 0) is 39.5 Å². The number of aromatic nitrogens is 2. The normalized spacial score (nSPS) is 20.5. The molecule has 25 heavy (non-hydrogen) atoms. The third kappa shape index (κ3) is 6.45. The van der Waals surface area contributed by atoms with Gasteiger partial charge in [0.1, 0.15) is 0 Å². The van der Waals surface area contributed by atoms with Crippen LogP contribution in [0.2, 0.25) is 0 Å².